The number of nitrogens with zero attached hydrogens (tertiary/aromatic N) is 2. The fraction of sp³-hybridized carbons (Fsp3) is 0.481. The quantitative estimate of drug-likeness (QED) is 0.505. The molecule has 1 fully saturated rings. The molecule has 3 heterocycles. The molecule has 0 aliphatic carbocycles. The van der Waals surface area contributed by atoms with E-state index in [9.17, 15) is 27.6 Å². The van der Waals surface area contributed by atoms with Gasteiger partial charge in [-0.2, -0.15) is 4.31 Å². The molecule has 0 spiro atoms. The average molecular weight is 607 g/mol. The van der Waals surface area contributed by atoms with Gasteiger partial charge in [-0.05, 0) is 61.4 Å². The summed E-state index contributed by atoms with van der Waals surface area (Å²) >= 11 is 1.12. The maximum absolute atomic E-state index is 13.2. The number of alkyl carbamates (subject to hydrolysis) is 1. The maximum Gasteiger partial charge on any atom is 0.413 e. The Balaban J connectivity index is 1.57. The van der Waals surface area contributed by atoms with E-state index in [-0.39, 0.29) is 46.0 Å². The number of hydrogen-bond donors (Lipinski definition) is 2. The Morgan fingerprint density at radius 1 is 1.05 bits per heavy atom. The van der Waals surface area contributed by atoms with Gasteiger partial charge in [-0.3, -0.25) is 14.9 Å². The van der Waals surface area contributed by atoms with Crippen LogP contribution in [-0.2, 0) is 32.5 Å². The molecule has 222 valence electrons. The Morgan fingerprint density at radius 2 is 1.71 bits per heavy atom. The standard InChI is InChI=1S/C27H34N4O8S2/c1-5-39-27(35)30-11-10-20-21(15-30)40-25(22(20)24(33)29-26(34)38-4)28-23(32)18-6-8-19(9-7-18)41(36,37)31-13-16(2)12-17(3)14-31/h6-9,16-17H,5,10-15H2,1-4H3,(H,28,32)(H,29,33,34). The molecule has 12 nitrogen and oxygen atoms in total. The number of methoxy groups -OCH3 is 1. The third kappa shape index (κ3) is 6.71. The van der Waals surface area contributed by atoms with Gasteiger partial charge >= 0.3 is 12.2 Å². The number of thiophene rings is 1. The number of nitrogens with one attached hydrogen (secondary N) is 2. The topological polar surface area (TPSA) is 151 Å². The predicted molar refractivity (Wildman–Crippen MR) is 151 cm³/mol. The molecule has 1 saturated heterocycles. The van der Waals surface area contributed by atoms with E-state index in [0.717, 1.165) is 24.9 Å². The summed E-state index contributed by atoms with van der Waals surface area (Å²) < 4.78 is 37.6. The number of piperidine rings is 1. The van der Waals surface area contributed by atoms with Crippen LogP contribution in [0.25, 0.3) is 0 Å². The Labute approximate surface area is 243 Å². The van der Waals surface area contributed by atoms with Crippen LogP contribution in [0.2, 0.25) is 0 Å². The van der Waals surface area contributed by atoms with E-state index >= 15 is 0 Å². The van der Waals surface area contributed by atoms with Gasteiger partial charge in [0.25, 0.3) is 11.8 Å². The van der Waals surface area contributed by atoms with Crippen LogP contribution in [0.1, 0.15) is 58.3 Å². The molecule has 1 aromatic heterocycles. The lowest BCUT2D eigenvalue weighted by Gasteiger charge is -2.34. The van der Waals surface area contributed by atoms with Gasteiger partial charge in [0.05, 0.1) is 30.7 Å². The molecule has 2 N–H and O–H groups in total. The smallest absolute Gasteiger partial charge is 0.413 e. The van der Waals surface area contributed by atoms with Gasteiger partial charge < -0.3 is 19.7 Å². The van der Waals surface area contributed by atoms with Gasteiger partial charge in [-0.15, -0.1) is 11.3 Å². The third-order valence-corrected chi connectivity index (χ3v) is 10.0. The van der Waals surface area contributed by atoms with E-state index in [1.165, 1.54) is 33.5 Å². The Kier molecular flexibility index (Phi) is 9.34. The molecular weight excluding hydrogens is 572 g/mol. The highest BCUT2D eigenvalue weighted by Crippen LogP contribution is 2.38. The van der Waals surface area contributed by atoms with Gasteiger partial charge in [0.2, 0.25) is 10.0 Å². The minimum absolute atomic E-state index is 0.0964. The zero-order valence-electron chi connectivity index (χ0n) is 23.4. The van der Waals surface area contributed by atoms with Crippen molar-refractivity contribution in [2.45, 2.75) is 45.1 Å². The highest BCUT2D eigenvalue weighted by atomic mass is 32.2. The van der Waals surface area contributed by atoms with E-state index in [1.54, 1.807) is 6.92 Å². The fourth-order valence-electron chi connectivity index (χ4n) is 5.21. The lowest BCUT2D eigenvalue weighted by Crippen LogP contribution is -2.42. The zero-order chi connectivity index (χ0) is 29.9. The molecule has 4 rings (SSSR count). The predicted octanol–water partition coefficient (Wildman–Crippen LogP) is 3.68. The summed E-state index contributed by atoms with van der Waals surface area (Å²) in [7, 11) is -2.59. The van der Waals surface area contributed by atoms with Gasteiger partial charge in [-0.1, -0.05) is 13.8 Å². The number of benzene rings is 1. The third-order valence-electron chi connectivity index (χ3n) is 7.03. The number of anilines is 1. The van der Waals surface area contributed by atoms with Crippen LogP contribution in [0.3, 0.4) is 0 Å². The van der Waals surface area contributed by atoms with Crippen LogP contribution >= 0.6 is 11.3 Å². The number of carbonyl (C=O) groups is 4. The molecule has 14 heteroatoms. The fourth-order valence-corrected chi connectivity index (χ4v) is 8.15. The molecule has 2 unspecified atom stereocenters. The minimum atomic E-state index is -3.72. The molecule has 0 saturated carbocycles. The van der Waals surface area contributed by atoms with Crippen molar-refractivity contribution in [1.82, 2.24) is 14.5 Å². The van der Waals surface area contributed by atoms with Gasteiger partial charge in [-0.25, -0.2) is 18.0 Å². The molecule has 4 amide bonds. The van der Waals surface area contributed by atoms with Crippen LogP contribution in [-0.4, -0.2) is 75.0 Å². The monoisotopic (exact) mass is 606 g/mol. The van der Waals surface area contributed by atoms with Crippen LogP contribution in [0.5, 0.6) is 0 Å². The first-order valence-corrected chi connectivity index (χ1v) is 15.6. The van der Waals surface area contributed by atoms with Gasteiger partial charge in [0.1, 0.15) is 5.00 Å². The van der Waals surface area contributed by atoms with E-state index < -0.39 is 34.0 Å². The lowest BCUT2D eigenvalue weighted by atomic mass is 9.94. The summed E-state index contributed by atoms with van der Waals surface area (Å²) in [5.74, 6) is -0.807. The van der Waals surface area contributed by atoms with Gasteiger partial charge in [0, 0.05) is 30.1 Å². The van der Waals surface area contributed by atoms with Crippen molar-refractivity contribution in [3.8, 4) is 0 Å². The highest BCUT2D eigenvalue weighted by molar-refractivity contribution is 7.89. The minimum Gasteiger partial charge on any atom is -0.453 e. The number of sulfonamides is 1. The molecule has 41 heavy (non-hydrogen) atoms. The van der Waals surface area contributed by atoms with Crippen LogP contribution < -0.4 is 10.6 Å². The van der Waals surface area contributed by atoms with Gasteiger partial charge in [0.15, 0.2) is 0 Å². The number of carbonyl (C=O) groups excluding carboxylic acids is 4. The largest absolute Gasteiger partial charge is 0.453 e. The highest BCUT2D eigenvalue weighted by Gasteiger charge is 2.33. The first kappa shape index (κ1) is 30.5. The summed E-state index contributed by atoms with van der Waals surface area (Å²) in [4.78, 5) is 52.5. The summed E-state index contributed by atoms with van der Waals surface area (Å²) in [6.45, 7) is 7.34. The molecular formula is C27H34N4O8S2. The second kappa shape index (κ2) is 12.6. The molecule has 2 aromatic rings. The SMILES string of the molecule is CCOC(=O)N1CCc2c(sc(NC(=O)c3ccc(S(=O)(=O)N4CC(C)CC(C)C4)cc3)c2C(=O)NC(=O)OC)C1. The van der Waals surface area contributed by atoms with Crippen molar-refractivity contribution in [1.29, 1.82) is 0 Å². The molecule has 0 radical (unpaired) electrons. The maximum atomic E-state index is 13.2. The number of fused-ring (bicyclic) bond motifs is 1. The van der Waals surface area contributed by atoms with E-state index in [1.807, 2.05) is 13.8 Å². The Hall–Kier alpha value is -3.49. The number of imide groups is 1. The summed E-state index contributed by atoms with van der Waals surface area (Å²) in [6, 6.07) is 5.64. The number of ether oxygens (including phenoxy) is 2. The Morgan fingerprint density at radius 3 is 2.32 bits per heavy atom. The second-order valence-corrected chi connectivity index (χ2v) is 13.3. The Bertz CT molecular complexity index is 1430. The zero-order valence-corrected chi connectivity index (χ0v) is 25.0. The molecule has 2 atom stereocenters. The molecule has 2 aliphatic heterocycles. The van der Waals surface area contributed by atoms with Crippen molar-refractivity contribution < 1.29 is 37.1 Å². The van der Waals surface area contributed by atoms with Crippen molar-refractivity contribution in [2.75, 3.05) is 38.7 Å². The van der Waals surface area contributed by atoms with Crippen LogP contribution in [0, 0.1) is 11.8 Å². The first-order chi connectivity index (χ1) is 19.4. The summed E-state index contributed by atoms with van der Waals surface area (Å²) in [5, 5.41) is 5.06. The molecule has 2 aliphatic rings. The number of amides is 4. The average Bonchev–Trinajstić information content (AvgIpc) is 3.29. The van der Waals surface area contributed by atoms with Crippen molar-refractivity contribution in [2.24, 2.45) is 11.8 Å². The van der Waals surface area contributed by atoms with Crippen LogP contribution in [0.4, 0.5) is 14.6 Å². The van der Waals surface area contributed by atoms with E-state index in [4.69, 9.17) is 4.74 Å². The number of hydrogen-bond acceptors (Lipinski definition) is 9. The van der Waals surface area contributed by atoms with Crippen molar-refractivity contribution >= 4 is 50.4 Å². The first-order valence-electron chi connectivity index (χ1n) is 13.3. The lowest BCUT2D eigenvalue weighted by molar-refractivity contribution is 0.0936. The molecule has 1 aromatic carbocycles. The second-order valence-electron chi connectivity index (χ2n) is 10.3. The molecule has 0 bridgehead atoms. The summed E-state index contributed by atoms with van der Waals surface area (Å²) in [5.41, 5.74) is 0.904. The van der Waals surface area contributed by atoms with E-state index in [0.29, 0.717) is 36.5 Å². The van der Waals surface area contributed by atoms with Crippen molar-refractivity contribution in [3.05, 3.63) is 45.8 Å². The summed E-state index contributed by atoms with van der Waals surface area (Å²) in [6.07, 6.45) is -0.158. The van der Waals surface area contributed by atoms with E-state index in [2.05, 4.69) is 15.4 Å². The number of rotatable bonds is 6. The normalized spacial score (nSPS) is 19.2. The van der Waals surface area contributed by atoms with Crippen molar-refractivity contribution in [3.63, 3.8) is 0 Å². The van der Waals surface area contributed by atoms with Crippen LogP contribution in [0.15, 0.2) is 29.2 Å².